The number of carboxylic acid groups (broad SMARTS) is 1. The van der Waals surface area contributed by atoms with Crippen LogP contribution in [0.3, 0.4) is 0 Å². The highest BCUT2D eigenvalue weighted by atomic mass is 16.5. The van der Waals surface area contributed by atoms with Crippen molar-refractivity contribution in [1.82, 2.24) is 14.5 Å². The van der Waals surface area contributed by atoms with Crippen molar-refractivity contribution in [3.63, 3.8) is 0 Å². The van der Waals surface area contributed by atoms with Gasteiger partial charge >= 0.3 is 11.7 Å². The van der Waals surface area contributed by atoms with Gasteiger partial charge in [-0.2, -0.15) is 4.98 Å². The van der Waals surface area contributed by atoms with Gasteiger partial charge in [0.05, 0.1) is 17.4 Å². The molecule has 28 heavy (non-hydrogen) atoms. The number of anilines is 2. The largest absolute Gasteiger partial charge is 0.478 e. The molecule has 1 saturated heterocycles. The van der Waals surface area contributed by atoms with E-state index >= 15 is 0 Å². The summed E-state index contributed by atoms with van der Waals surface area (Å²) >= 11 is 0. The van der Waals surface area contributed by atoms with Crippen LogP contribution in [-0.4, -0.2) is 51.7 Å². The fourth-order valence-electron chi connectivity index (χ4n) is 3.71. The first-order valence-corrected chi connectivity index (χ1v) is 9.43. The quantitative estimate of drug-likeness (QED) is 0.607. The van der Waals surface area contributed by atoms with Crippen LogP contribution in [0.25, 0.3) is 0 Å². The number of nitrogens with one attached hydrogen (secondary N) is 1. The maximum Gasteiger partial charge on any atom is 0.350 e. The molecule has 2 aliphatic rings. The zero-order valence-corrected chi connectivity index (χ0v) is 15.4. The Labute approximate surface area is 161 Å². The Morgan fingerprint density at radius 3 is 2.82 bits per heavy atom. The fourth-order valence-corrected chi connectivity index (χ4v) is 3.71. The first-order chi connectivity index (χ1) is 13.5. The van der Waals surface area contributed by atoms with Gasteiger partial charge in [0, 0.05) is 19.1 Å². The Balaban J connectivity index is 1.53. The topological polar surface area (TPSA) is 123 Å². The molecule has 3 heterocycles. The van der Waals surface area contributed by atoms with E-state index in [0.717, 1.165) is 38.9 Å². The minimum Gasteiger partial charge on any atom is -0.478 e. The van der Waals surface area contributed by atoms with Gasteiger partial charge in [-0.05, 0) is 50.6 Å². The van der Waals surface area contributed by atoms with Crippen LogP contribution in [0.4, 0.5) is 11.5 Å². The van der Waals surface area contributed by atoms with Gasteiger partial charge in [0.15, 0.2) is 17.3 Å². The third-order valence-corrected chi connectivity index (χ3v) is 5.25. The highest BCUT2D eigenvalue weighted by Crippen LogP contribution is 2.40. The van der Waals surface area contributed by atoms with Crippen LogP contribution >= 0.6 is 0 Å². The summed E-state index contributed by atoms with van der Waals surface area (Å²) in [6, 6.07) is 4.62. The summed E-state index contributed by atoms with van der Waals surface area (Å²) in [5.74, 6) is 0.232. The number of hydrogen-bond acceptors (Lipinski definition) is 7. The van der Waals surface area contributed by atoms with Crippen LogP contribution in [0.5, 0.6) is 11.5 Å². The van der Waals surface area contributed by atoms with Crippen molar-refractivity contribution in [2.45, 2.75) is 25.3 Å². The number of carbonyl (C=O) groups is 1. The number of piperidine rings is 1. The van der Waals surface area contributed by atoms with Crippen molar-refractivity contribution in [2.24, 2.45) is 5.73 Å². The predicted molar refractivity (Wildman–Crippen MR) is 104 cm³/mol. The number of ether oxygens (including phenoxy) is 1. The Bertz CT molecular complexity index is 950. The van der Waals surface area contributed by atoms with Crippen molar-refractivity contribution >= 4 is 17.5 Å². The molecule has 2 aromatic rings. The summed E-state index contributed by atoms with van der Waals surface area (Å²) < 4.78 is 7.52. The van der Waals surface area contributed by atoms with E-state index < -0.39 is 5.97 Å². The van der Waals surface area contributed by atoms with E-state index in [-0.39, 0.29) is 17.3 Å². The smallest absolute Gasteiger partial charge is 0.350 e. The lowest BCUT2D eigenvalue weighted by Gasteiger charge is -2.33. The molecule has 4 N–H and O–H groups in total. The normalized spacial score (nSPS) is 16.6. The van der Waals surface area contributed by atoms with Crippen molar-refractivity contribution in [1.29, 1.82) is 0 Å². The molecule has 1 aromatic carbocycles. The molecular weight excluding hydrogens is 362 g/mol. The molecule has 0 saturated carbocycles. The maximum absolute atomic E-state index is 12.6. The second kappa shape index (κ2) is 7.61. The first-order valence-electron chi connectivity index (χ1n) is 9.43. The molecule has 1 aromatic heterocycles. The van der Waals surface area contributed by atoms with Gasteiger partial charge in [0.1, 0.15) is 0 Å². The highest BCUT2D eigenvalue weighted by Gasteiger charge is 2.25. The average Bonchev–Trinajstić information content (AvgIpc) is 2.70. The molecule has 0 radical (unpaired) electrons. The number of rotatable bonds is 5. The van der Waals surface area contributed by atoms with Crippen LogP contribution in [0.2, 0.25) is 0 Å². The zero-order valence-electron chi connectivity index (χ0n) is 15.4. The molecule has 0 atom stereocenters. The Morgan fingerprint density at radius 1 is 1.32 bits per heavy atom. The molecule has 0 aliphatic carbocycles. The van der Waals surface area contributed by atoms with Crippen LogP contribution in [-0.2, 0) is 0 Å². The number of nitrogens with two attached hydrogens (primary N) is 1. The van der Waals surface area contributed by atoms with Gasteiger partial charge in [-0.25, -0.2) is 9.59 Å². The first kappa shape index (κ1) is 18.5. The van der Waals surface area contributed by atoms with Gasteiger partial charge in [0.2, 0.25) is 0 Å². The standard InChI is InChI=1S/C19H23N5O4/c20-6-1-7-23-8-4-13(5-9-23)24-11-16-17(22-19(24)27)21-14-10-12(18(25)26)2-3-15(14)28-16/h2-3,10-11,13H,1,4-9,20H2,(H,25,26)(H,21,22,27). The second-order valence-corrected chi connectivity index (χ2v) is 7.10. The summed E-state index contributed by atoms with van der Waals surface area (Å²) in [5, 5.41) is 12.1. The lowest BCUT2D eigenvalue weighted by molar-refractivity contribution is 0.0697. The number of likely N-dealkylation sites (tertiary alicyclic amines) is 1. The van der Waals surface area contributed by atoms with E-state index in [1.165, 1.54) is 12.1 Å². The van der Waals surface area contributed by atoms with Crippen molar-refractivity contribution in [3.8, 4) is 11.5 Å². The number of benzene rings is 1. The monoisotopic (exact) mass is 385 g/mol. The molecule has 148 valence electrons. The Hall–Kier alpha value is -2.91. The van der Waals surface area contributed by atoms with Gasteiger partial charge in [-0.1, -0.05) is 0 Å². The molecule has 1 fully saturated rings. The Morgan fingerprint density at radius 2 is 2.11 bits per heavy atom. The van der Waals surface area contributed by atoms with Gasteiger partial charge < -0.3 is 25.8 Å². The predicted octanol–water partition coefficient (Wildman–Crippen LogP) is 1.78. The maximum atomic E-state index is 12.6. The van der Waals surface area contributed by atoms with Gasteiger partial charge in [-0.15, -0.1) is 0 Å². The minimum atomic E-state index is -1.03. The molecule has 0 bridgehead atoms. The van der Waals surface area contributed by atoms with Crippen LogP contribution in [0, 0.1) is 0 Å². The molecule has 9 nitrogen and oxygen atoms in total. The Kier molecular flexibility index (Phi) is 5.01. The van der Waals surface area contributed by atoms with Crippen LogP contribution in [0.1, 0.15) is 35.7 Å². The highest BCUT2D eigenvalue weighted by molar-refractivity contribution is 5.90. The lowest BCUT2D eigenvalue weighted by Crippen LogP contribution is -2.39. The summed E-state index contributed by atoms with van der Waals surface area (Å²) in [4.78, 5) is 30.2. The van der Waals surface area contributed by atoms with E-state index in [2.05, 4.69) is 15.2 Å². The average molecular weight is 385 g/mol. The minimum absolute atomic E-state index is 0.0822. The molecule has 4 rings (SSSR count). The summed E-state index contributed by atoms with van der Waals surface area (Å²) in [6.07, 6.45) is 4.42. The lowest BCUT2D eigenvalue weighted by atomic mass is 10.0. The van der Waals surface area contributed by atoms with E-state index in [1.54, 1.807) is 16.8 Å². The number of hydrogen-bond donors (Lipinski definition) is 3. The SMILES string of the molecule is NCCCN1CCC(n2cc3c(nc2=O)Nc2cc(C(=O)O)ccc2O3)CC1. The van der Waals surface area contributed by atoms with Crippen LogP contribution in [0.15, 0.2) is 29.2 Å². The number of nitrogens with zero attached hydrogens (tertiary/aromatic N) is 3. The summed E-state index contributed by atoms with van der Waals surface area (Å²) in [6.45, 7) is 3.53. The van der Waals surface area contributed by atoms with Crippen LogP contribution < -0.4 is 21.5 Å². The molecular formula is C19H23N5O4. The van der Waals surface area contributed by atoms with Crippen molar-refractivity contribution in [3.05, 3.63) is 40.4 Å². The summed E-state index contributed by atoms with van der Waals surface area (Å²) in [5.41, 5.74) is 5.85. The summed E-state index contributed by atoms with van der Waals surface area (Å²) in [7, 11) is 0. The fraction of sp³-hybridized carbons (Fsp3) is 0.421. The van der Waals surface area contributed by atoms with E-state index in [9.17, 15) is 9.59 Å². The second-order valence-electron chi connectivity index (χ2n) is 7.10. The number of aromatic carboxylic acids is 1. The molecule has 0 unspecified atom stereocenters. The molecule has 0 amide bonds. The molecule has 9 heteroatoms. The third kappa shape index (κ3) is 3.58. The van der Waals surface area contributed by atoms with Crippen molar-refractivity contribution < 1.29 is 14.6 Å². The number of carboxylic acids is 1. The van der Waals surface area contributed by atoms with E-state index in [0.29, 0.717) is 29.5 Å². The van der Waals surface area contributed by atoms with Gasteiger partial charge in [0.25, 0.3) is 0 Å². The third-order valence-electron chi connectivity index (χ3n) is 5.25. The van der Waals surface area contributed by atoms with E-state index in [1.807, 2.05) is 0 Å². The van der Waals surface area contributed by atoms with Gasteiger partial charge in [-0.3, -0.25) is 4.57 Å². The van der Waals surface area contributed by atoms with Crippen molar-refractivity contribution in [2.75, 3.05) is 31.5 Å². The zero-order chi connectivity index (χ0) is 19.7. The number of aromatic nitrogens is 2. The number of fused-ring (bicyclic) bond motifs is 2. The van der Waals surface area contributed by atoms with E-state index in [4.69, 9.17) is 15.6 Å². The molecule has 2 aliphatic heterocycles. The molecule has 0 spiro atoms.